The topological polar surface area (TPSA) is 78.0 Å². The third-order valence-electron chi connectivity index (χ3n) is 4.06. The van der Waals surface area contributed by atoms with Crippen molar-refractivity contribution in [2.45, 2.75) is 25.6 Å². The van der Waals surface area contributed by atoms with Crippen LogP contribution in [0.15, 0.2) is 29.3 Å². The highest BCUT2D eigenvalue weighted by Gasteiger charge is 2.34. The van der Waals surface area contributed by atoms with Gasteiger partial charge in [-0.3, -0.25) is 14.7 Å². The Bertz CT molecular complexity index is 681. The summed E-state index contributed by atoms with van der Waals surface area (Å²) in [5.41, 5.74) is 0.653. The van der Waals surface area contributed by atoms with Crippen molar-refractivity contribution in [1.82, 2.24) is 15.5 Å². The summed E-state index contributed by atoms with van der Waals surface area (Å²) in [5.74, 6) is 0.985. The van der Waals surface area contributed by atoms with Gasteiger partial charge in [-0.15, -0.1) is 0 Å². The molecule has 1 atom stereocenters. The molecule has 28 heavy (non-hydrogen) atoms. The Hall–Kier alpha value is -2.49. The second-order valence-corrected chi connectivity index (χ2v) is 6.54. The molecular formula is C18H26F3N5O2. The van der Waals surface area contributed by atoms with E-state index in [4.69, 9.17) is 4.74 Å². The van der Waals surface area contributed by atoms with E-state index >= 15 is 0 Å². The van der Waals surface area contributed by atoms with Crippen molar-refractivity contribution in [3.05, 3.63) is 24.3 Å². The fourth-order valence-corrected chi connectivity index (χ4v) is 2.94. The number of carbonyl (C=O) groups is 1. The van der Waals surface area contributed by atoms with Crippen LogP contribution < -0.4 is 20.7 Å². The molecule has 2 rings (SSSR count). The monoisotopic (exact) mass is 401 g/mol. The predicted molar refractivity (Wildman–Crippen MR) is 102 cm³/mol. The Morgan fingerprint density at radius 3 is 2.86 bits per heavy atom. The summed E-state index contributed by atoms with van der Waals surface area (Å²) in [6.07, 6.45) is -3.55. The van der Waals surface area contributed by atoms with Crippen LogP contribution in [-0.2, 0) is 4.79 Å². The van der Waals surface area contributed by atoms with Crippen molar-refractivity contribution < 1.29 is 22.7 Å². The molecule has 156 valence electrons. The third-order valence-corrected chi connectivity index (χ3v) is 4.06. The van der Waals surface area contributed by atoms with Gasteiger partial charge in [-0.25, -0.2) is 0 Å². The number of alkyl halides is 3. The molecule has 0 bridgehead atoms. The average molecular weight is 401 g/mol. The smallest absolute Gasteiger partial charge is 0.401 e. The number of benzene rings is 1. The van der Waals surface area contributed by atoms with Gasteiger partial charge in [-0.05, 0) is 18.6 Å². The molecule has 1 unspecified atom stereocenters. The Balaban J connectivity index is 1.70. The van der Waals surface area contributed by atoms with Crippen molar-refractivity contribution in [2.75, 3.05) is 45.2 Å². The number of rotatable bonds is 7. The molecule has 0 radical (unpaired) electrons. The number of hydrogen-bond donors (Lipinski definition) is 3. The molecule has 0 spiro atoms. The van der Waals surface area contributed by atoms with E-state index in [-0.39, 0.29) is 11.9 Å². The zero-order valence-corrected chi connectivity index (χ0v) is 16.0. The minimum absolute atomic E-state index is 0.0798. The van der Waals surface area contributed by atoms with Crippen molar-refractivity contribution in [2.24, 2.45) is 4.99 Å². The van der Waals surface area contributed by atoms with Crippen LogP contribution in [0.4, 0.5) is 18.9 Å². The van der Waals surface area contributed by atoms with Crippen LogP contribution in [0.2, 0.25) is 0 Å². The number of aliphatic imine (C=N–C) groups is 1. The van der Waals surface area contributed by atoms with E-state index < -0.39 is 12.7 Å². The summed E-state index contributed by atoms with van der Waals surface area (Å²) in [6.45, 7) is 2.10. The normalized spacial score (nSPS) is 18.0. The SMILES string of the molecule is CN=C(NCCOc1cccc(NC(C)=O)c1)NC1CCN(CC(F)(F)F)C1. The molecule has 10 heteroatoms. The average Bonchev–Trinajstić information content (AvgIpc) is 3.02. The zero-order chi connectivity index (χ0) is 20.6. The molecule has 1 aliphatic rings. The Kier molecular flexibility index (Phi) is 7.91. The van der Waals surface area contributed by atoms with Gasteiger partial charge in [0.1, 0.15) is 12.4 Å². The van der Waals surface area contributed by atoms with Gasteiger partial charge in [0.05, 0.1) is 13.1 Å². The number of nitrogens with one attached hydrogen (secondary N) is 3. The lowest BCUT2D eigenvalue weighted by Crippen LogP contribution is -2.46. The maximum Gasteiger partial charge on any atom is 0.401 e. The first-order valence-corrected chi connectivity index (χ1v) is 9.02. The number of likely N-dealkylation sites (tertiary alicyclic amines) is 1. The summed E-state index contributed by atoms with van der Waals surface area (Å²) < 4.78 is 43.0. The van der Waals surface area contributed by atoms with Crippen LogP contribution in [0.25, 0.3) is 0 Å². The van der Waals surface area contributed by atoms with Crippen molar-refractivity contribution in [3.63, 3.8) is 0 Å². The number of carbonyl (C=O) groups excluding carboxylic acids is 1. The van der Waals surface area contributed by atoms with Gasteiger partial charge in [-0.2, -0.15) is 13.2 Å². The summed E-state index contributed by atoms with van der Waals surface area (Å²) in [6, 6.07) is 6.97. The molecule has 0 aromatic heterocycles. The number of guanidine groups is 1. The molecular weight excluding hydrogens is 375 g/mol. The molecule has 0 aliphatic carbocycles. The van der Waals surface area contributed by atoms with Gasteiger partial charge >= 0.3 is 6.18 Å². The minimum atomic E-state index is -4.18. The molecule has 1 aromatic carbocycles. The quantitative estimate of drug-likeness (QED) is 0.369. The number of amides is 1. The fraction of sp³-hybridized carbons (Fsp3) is 0.556. The van der Waals surface area contributed by atoms with Gasteiger partial charge in [0, 0.05) is 44.9 Å². The molecule has 3 N–H and O–H groups in total. The van der Waals surface area contributed by atoms with E-state index in [9.17, 15) is 18.0 Å². The fourth-order valence-electron chi connectivity index (χ4n) is 2.94. The standard InChI is InChI=1S/C18H26F3N5O2/c1-13(27)24-14-4-3-5-16(10-14)28-9-7-23-17(22-2)25-15-6-8-26(11-15)12-18(19,20)21/h3-5,10,15H,6-9,11-12H2,1-2H3,(H,24,27)(H2,22,23,25). The van der Waals surface area contributed by atoms with Crippen LogP contribution in [-0.4, -0.2) is 68.8 Å². The maximum atomic E-state index is 12.5. The molecule has 1 heterocycles. The maximum absolute atomic E-state index is 12.5. The molecule has 0 saturated carbocycles. The van der Waals surface area contributed by atoms with Gasteiger partial charge < -0.3 is 20.7 Å². The largest absolute Gasteiger partial charge is 0.492 e. The predicted octanol–water partition coefficient (Wildman–Crippen LogP) is 1.83. The van der Waals surface area contributed by atoms with Crippen LogP contribution in [0.1, 0.15) is 13.3 Å². The Morgan fingerprint density at radius 2 is 2.18 bits per heavy atom. The first-order chi connectivity index (χ1) is 13.2. The van der Waals surface area contributed by atoms with E-state index in [2.05, 4.69) is 20.9 Å². The molecule has 1 aromatic rings. The zero-order valence-electron chi connectivity index (χ0n) is 16.0. The number of nitrogens with zero attached hydrogens (tertiary/aromatic N) is 2. The lowest BCUT2D eigenvalue weighted by Gasteiger charge is -2.20. The van der Waals surface area contributed by atoms with Gasteiger partial charge in [0.15, 0.2) is 5.96 Å². The van der Waals surface area contributed by atoms with Gasteiger partial charge in [0.2, 0.25) is 5.91 Å². The van der Waals surface area contributed by atoms with E-state index in [1.807, 2.05) is 0 Å². The molecule has 1 fully saturated rings. The van der Waals surface area contributed by atoms with E-state index in [0.717, 1.165) is 0 Å². The van der Waals surface area contributed by atoms with Crippen molar-refractivity contribution in [3.8, 4) is 5.75 Å². The second-order valence-electron chi connectivity index (χ2n) is 6.54. The molecule has 1 amide bonds. The molecule has 7 nitrogen and oxygen atoms in total. The van der Waals surface area contributed by atoms with Gasteiger partial charge in [-0.1, -0.05) is 6.07 Å². The lowest BCUT2D eigenvalue weighted by molar-refractivity contribution is -0.143. The molecule has 1 saturated heterocycles. The van der Waals surface area contributed by atoms with Crippen LogP contribution >= 0.6 is 0 Å². The highest BCUT2D eigenvalue weighted by molar-refractivity contribution is 5.88. The van der Waals surface area contributed by atoms with E-state index in [1.165, 1.54) is 11.8 Å². The summed E-state index contributed by atoms with van der Waals surface area (Å²) in [7, 11) is 1.61. The van der Waals surface area contributed by atoms with Gasteiger partial charge in [0.25, 0.3) is 0 Å². The van der Waals surface area contributed by atoms with Crippen LogP contribution in [0, 0.1) is 0 Å². The van der Waals surface area contributed by atoms with Crippen molar-refractivity contribution in [1.29, 1.82) is 0 Å². The summed E-state index contributed by atoms with van der Waals surface area (Å²) >= 11 is 0. The van der Waals surface area contributed by atoms with Crippen LogP contribution in [0.3, 0.4) is 0 Å². The van der Waals surface area contributed by atoms with E-state index in [0.29, 0.717) is 50.1 Å². The number of anilines is 1. The Morgan fingerprint density at radius 1 is 1.39 bits per heavy atom. The summed E-state index contributed by atoms with van der Waals surface area (Å²) in [4.78, 5) is 16.6. The minimum Gasteiger partial charge on any atom is -0.492 e. The lowest BCUT2D eigenvalue weighted by atomic mass is 10.3. The first-order valence-electron chi connectivity index (χ1n) is 9.02. The summed E-state index contributed by atoms with van der Waals surface area (Å²) in [5, 5.41) is 8.90. The van der Waals surface area contributed by atoms with Crippen molar-refractivity contribution >= 4 is 17.6 Å². The number of ether oxygens (including phenoxy) is 1. The number of halogens is 3. The first kappa shape index (κ1) is 21.8. The van der Waals surface area contributed by atoms with E-state index in [1.54, 1.807) is 31.3 Å². The highest BCUT2D eigenvalue weighted by Crippen LogP contribution is 2.20. The highest BCUT2D eigenvalue weighted by atomic mass is 19.4. The van der Waals surface area contributed by atoms with Crippen LogP contribution in [0.5, 0.6) is 5.75 Å². The molecule has 1 aliphatic heterocycles. The Labute approximate surface area is 162 Å². The third kappa shape index (κ3) is 8.03. The number of hydrogen-bond acceptors (Lipinski definition) is 4. The second kappa shape index (κ2) is 10.2.